The summed E-state index contributed by atoms with van der Waals surface area (Å²) in [5.74, 6) is 0.521. The molecule has 0 aliphatic heterocycles. The standard InChI is InChI=1S/C23H23N7O2/c1-30(2)8-4-5-21(31)28-20-10-15(11-22(29-20)32-3)16-9-17-18(13-26-23(17)25-12-16)19-6-7-24-14-27-19/h4-7,9-14H,8H2,1-3H3,(H,25,26)(H,28,29,31)/b5-4+. The summed E-state index contributed by atoms with van der Waals surface area (Å²) in [4.78, 5) is 34.6. The summed E-state index contributed by atoms with van der Waals surface area (Å²) in [5.41, 5.74) is 4.15. The third kappa shape index (κ3) is 4.79. The molecule has 0 aliphatic carbocycles. The molecule has 0 aliphatic rings. The lowest BCUT2D eigenvalue weighted by molar-refractivity contribution is -0.111. The topological polar surface area (TPSA) is 109 Å². The third-order valence-corrected chi connectivity index (χ3v) is 4.72. The molecular formula is C23H23N7O2. The number of carbonyl (C=O) groups excluding carboxylic acids is 1. The van der Waals surface area contributed by atoms with Crippen molar-refractivity contribution in [3.8, 4) is 28.3 Å². The number of carbonyl (C=O) groups is 1. The van der Waals surface area contributed by atoms with E-state index in [1.807, 2.05) is 37.3 Å². The predicted octanol–water partition coefficient (Wildman–Crippen LogP) is 3.15. The van der Waals surface area contributed by atoms with Crippen molar-refractivity contribution in [3.63, 3.8) is 0 Å². The Morgan fingerprint density at radius 2 is 2.09 bits per heavy atom. The summed E-state index contributed by atoms with van der Waals surface area (Å²) in [6, 6.07) is 7.47. The van der Waals surface area contributed by atoms with Crippen molar-refractivity contribution in [3.05, 3.63) is 61.3 Å². The van der Waals surface area contributed by atoms with Crippen molar-refractivity contribution in [1.29, 1.82) is 0 Å². The number of ether oxygens (including phenoxy) is 1. The van der Waals surface area contributed by atoms with Gasteiger partial charge in [-0.2, -0.15) is 4.98 Å². The van der Waals surface area contributed by atoms with Crippen LogP contribution in [0.25, 0.3) is 33.4 Å². The monoisotopic (exact) mass is 429 g/mol. The molecule has 162 valence electrons. The predicted molar refractivity (Wildman–Crippen MR) is 123 cm³/mol. The van der Waals surface area contributed by atoms with Crippen LogP contribution in [-0.4, -0.2) is 63.5 Å². The first-order chi connectivity index (χ1) is 15.5. The highest BCUT2D eigenvalue weighted by molar-refractivity contribution is 5.99. The molecule has 0 saturated carbocycles. The van der Waals surface area contributed by atoms with Crippen LogP contribution in [0.15, 0.2) is 61.3 Å². The number of anilines is 1. The van der Waals surface area contributed by atoms with Gasteiger partial charge in [0.1, 0.15) is 17.8 Å². The van der Waals surface area contributed by atoms with E-state index in [1.54, 1.807) is 30.6 Å². The summed E-state index contributed by atoms with van der Waals surface area (Å²) in [7, 11) is 5.41. The van der Waals surface area contributed by atoms with E-state index in [2.05, 4.69) is 30.2 Å². The van der Waals surface area contributed by atoms with Crippen LogP contribution in [0.1, 0.15) is 0 Å². The van der Waals surface area contributed by atoms with Crippen LogP contribution in [0.3, 0.4) is 0 Å². The van der Waals surface area contributed by atoms with Crippen molar-refractivity contribution in [1.82, 2.24) is 29.8 Å². The molecule has 4 rings (SSSR count). The van der Waals surface area contributed by atoms with Gasteiger partial charge in [-0.05, 0) is 37.9 Å². The number of methoxy groups -OCH3 is 1. The van der Waals surface area contributed by atoms with Crippen LogP contribution in [0.4, 0.5) is 5.82 Å². The van der Waals surface area contributed by atoms with Crippen LogP contribution in [0, 0.1) is 0 Å². The molecule has 0 radical (unpaired) electrons. The molecular weight excluding hydrogens is 406 g/mol. The Morgan fingerprint density at radius 3 is 2.84 bits per heavy atom. The van der Waals surface area contributed by atoms with E-state index in [9.17, 15) is 4.79 Å². The second-order valence-corrected chi connectivity index (χ2v) is 7.35. The Morgan fingerprint density at radius 1 is 1.22 bits per heavy atom. The molecule has 0 bridgehead atoms. The number of amides is 1. The van der Waals surface area contributed by atoms with Crippen molar-refractivity contribution in [2.45, 2.75) is 0 Å². The first-order valence-electron chi connectivity index (χ1n) is 9.95. The fourth-order valence-corrected chi connectivity index (χ4v) is 3.20. The van der Waals surface area contributed by atoms with Crippen molar-refractivity contribution in [2.24, 2.45) is 0 Å². The first kappa shape index (κ1) is 21.1. The maximum atomic E-state index is 12.3. The minimum absolute atomic E-state index is 0.260. The lowest BCUT2D eigenvalue weighted by atomic mass is 10.1. The van der Waals surface area contributed by atoms with Gasteiger partial charge in [-0.1, -0.05) is 6.08 Å². The highest BCUT2D eigenvalue weighted by Crippen LogP contribution is 2.31. The van der Waals surface area contributed by atoms with Crippen LogP contribution in [0.2, 0.25) is 0 Å². The number of aromatic amines is 1. The van der Waals surface area contributed by atoms with E-state index in [1.165, 1.54) is 19.5 Å². The average Bonchev–Trinajstić information content (AvgIpc) is 3.22. The fraction of sp³-hybridized carbons (Fsp3) is 0.174. The number of fused-ring (bicyclic) bond motifs is 1. The molecule has 4 aromatic heterocycles. The molecule has 2 N–H and O–H groups in total. The quantitative estimate of drug-likeness (QED) is 0.434. The van der Waals surface area contributed by atoms with Gasteiger partial charge in [0.2, 0.25) is 11.8 Å². The number of H-pyrrole nitrogens is 1. The Kier molecular flexibility index (Phi) is 6.18. The second kappa shape index (κ2) is 9.36. The van der Waals surface area contributed by atoms with Gasteiger partial charge in [-0.25, -0.2) is 15.0 Å². The normalized spacial score (nSPS) is 11.4. The van der Waals surface area contributed by atoms with Gasteiger partial charge >= 0.3 is 0 Å². The average molecular weight is 429 g/mol. The number of nitrogens with one attached hydrogen (secondary N) is 2. The summed E-state index contributed by atoms with van der Waals surface area (Å²) < 4.78 is 5.35. The number of pyridine rings is 2. The molecule has 0 atom stereocenters. The van der Waals surface area contributed by atoms with Gasteiger partial charge in [-0.3, -0.25) is 4.79 Å². The zero-order valence-electron chi connectivity index (χ0n) is 18.0. The molecule has 32 heavy (non-hydrogen) atoms. The number of nitrogens with zero attached hydrogens (tertiary/aromatic N) is 5. The van der Waals surface area contributed by atoms with Crippen molar-refractivity contribution < 1.29 is 9.53 Å². The molecule has 0 spiro atoms. The van der Waals surface area contributed by atoms with E-state index in [0.29, 0.717) is 18.2 Å². The minimum atomic E-state index is -0.260. The van der Waals surface area contributed by atoms with E-state index >= 15 is 0 Å². The zero-order valence-corrected chi connectivity index (χ0v) is 18.0. The van der Waals surface area contributed by atoms with Gasteiger partial charge in [0.25, 0.3) is 0 Å². The van der Waals surface area contributed by atoms with E-state index in [0.717, 1.165) is 33.4 Å². The largest absolute Gasteiger partial charge is 0.481 e. The first-order valence-corrected chi connectivity index (χ1v) is 9.95. The molecule has 0 aromatic carbocycles. The summed E-state index contributed by atoms with van der Waals surface area (Å²) in [6.45, 7) is 0.668. The Bertz CT molecular complexity index is 1270. The second-order valence-electron chi connectivity index (χ2n) is 7.35. The summed E-state index contributed by atoms with van der Waals surface area (Å²) in [5, 5.41) is 3.72. The van der Waals surface area contributed by atoms with Crippen molar-refractivity contribution in [2.75, 3.05) is 33.1 Å². The highest BCUT2D eigenvalue weighted by atomic mass is 16.5. The SMILES string of the molecule is COc1cc(-c2cnc3[nH]cc(-c4ccncn4)c3c2)cc(NC(=O)/C=C/CN(C)C)n1. The van der Waals surface area contributed by atoms with E-state index < -0.39 is 0 Å². The van der Waals surface area contributed by atoms with E-state index in [4.69, 9.17) is 4.74 Å². The fourth-order valence-electron chi connectivity index (χ4n) is 3.20. The Balaban J connectivity index is 1.67. The molecule has 4 aromatic rings. The summed E-state index contributed by atoms with van der Waals surface area (Å²) >= 11 is 0. The minimum Gasteiger partial charge on any atom is -0.481 e. The van der Waals surface area contributed by atoms with Crippen molar-refractivity contribution >= 4 is 22.8 Å². The summed E-state index contributed by atoms with van der Waals surface area (Å²) in [6.07, 6.45) is 10.1. The van der Waals surface area contributed by atoms with Crippen LogP contribution < -0.4 is 10.1 Å². The lowest BCUT2D eigenvalue weighted by Crippen LogP contribution is -2.13. The highest BCUT2D eigenvalue weighted by Gasteiger charge is 2.12. The molecule has 4 heterocycles. The zero-order chi connectivity index (χ0) is 22.5. The van der Waals surface area contributed by atoms with Gasteiger partial charge in [-0.15, -0.1) is 0 Å². The van der Waals surface area contributed by atoms with E-state index in [-0.39, 0.29) is 5.91 Å². The maximum Gasteiger partial charge on any atom is 0.249 e. The number of hydrogen-bond donors (Lipinski definition) is 2. The lowest BCUT2D eigenvalue weighted by Gasteiger charge is -2.09. The smallest absolute Gasteiger partial charge is 0.249 e. The van der Waals surface area contributed by atoms with Gasteiger partial charge in [0.15, 0.2) is 0 Å². The number of rotatable bonds is 7. The molecule has 0 fully saturated rings. The molecule has 0 unspecified atom stereocenters. The molecule has 1 amide bonds. The van der Waals surface area contributed by atoms with Crippen LogP contribution in [-0.2, 0) is 4.79 Å². The number of hydrogen-bond acceptors (Lipinski definition) is 7. The Hall–Kier alpha value is -4.11. The molecule has 9 nitrogen and oxygen atoms in total. The molecule has 0 saturated heterocycles. The van der Waals surface area contributed by atoms with Crippen LogP contribution in [0.5, 0.6) is 5.88 Å². The third-order valence-electron chi connectivity index (χ3n) is 4.72. The van der Waals surface area contributed by atoms with Gasteiger partial charge < -0.3 is 19.9 Å². The van der Waals surface area contributed by atoms with Gasteiger partial charge in [0.05, 0.1) is 12.8 Å². The van der Waals surface area contributed by atoms with Crippen LogP contribution >= 0.6 is 0 Å². The maximum absolute atomic E-state index is 12.3. The molecule has 9 heteroatoms. The number of aromatic nitrogens is 5. The van der Waals surface area contributed by atoms with Gasteiger partial charge in [0, 0.05) is 53.8 Å². The number of likely N-dealkylation sites (N-methyl/N-ethyl adjacent to an activating group) is 1. The Labute approximate surface area is 185 Å².